The number of nitriles is 1. The second-order valence-corrected chi connectivity index (χ2v) is 3.58. The highest BCUT2D eigenvalue weighted by Crippen LogP contribution is 2.13. The molecule has 0 bridgehead atoms. The van der Waals surface area contributed by atoms with Crippen LogP contribution in [0.25, 0.3) is 0 Å². The molecule has 0 aromatic heterocycles. The standard InChI is InChI=1S/C12H13NO/c1-9(8-14)5-11-4-3-10(2)12(6-11)7-13/h3-4,6,8-9H,5H2,1-2H3. The number of nitrogens with zero attached hydrogens (tertiary/aromatic N) is 1. The number of benzene rings is 1. The molecule has 0 fully saturated rings. The lowest BCUT2D eigenvalue weighted by molar-refractivity contribution is -0.110. The Morgan fingerprint density at radius 3 is 2.86 bits per heavy atom. The quantitative estimate of drug-likeness (QED) is 0.681. The van der Waals surface area contributed by atoms with E-state index in [9.17, 15) is 4.79 Å². The maximum Gasteiger partial charge on any atom is 0.123 e. The summed E-state index contributed by atoms with van der Waals surface area (Å²) in [5.41, 5.74) is 2.72. The molecular weight excluding hydrogens is 174 g/mol. The first-order valence-corrected chi connectivity index (χ1v) is 4.62. The third-order valence-corrected chi connectivity index (χ3v) is 2.21. The van der Waals surface area contributed by atoms with Crippen molar-refractivity contribution in [1.29, 1.82) is 5.26 Å². The van der Waals surface area contributed by atoms with E-state index in [1.807, 2.05) is 32.0 Å². The maximum absolute atomic E-state index is 10.5. The van der Waals surface area contributed by atoms with E-state index >= 15 is 0 Å². The van der Waals surface area contributed by atoms with Gasteiger partial charge in [0, 0.05) is 5.92 Å². The molecule has 1 aromatic rings. The molecule has 2 heteroatoms. The zero-order valence-electron chi connectivity index (χ0n) is 8.45. The third kappa shape index (κ3) is 2.43. The zero-order chi connectivity index (χ0) is 10.6. The van der Waals surface area contributed by atoms with Crippen LogP contribution >= 0.6 is 0 Å². The van der Waals surface area contributed by atoms with Gasteiger partial charge in [-0.05, 0) is 30.5 Å². The molecule has 0 saturated heterocycles. The molecule has 72 valence electrons. The molecule has 0 amide bonds. The fraction of sp³-hybridized carbons (Fsp3) is 0.333. The van der Waals surface area contributed by atoms with Crippen LogP contribution in [0.4, 0.5) is 0 Å². The Labute approximate surface area is 84.2 Å². The number of rotatable bonds is 3. The molecule has 1 atom stereocenters. The van der Waals surface area contributed by atoms with Gasteiger partial charge in [-0.3, -0.25) is 0 Å². The van der Waals surface area contributed by atoms with E-state index in [-0.39, 0.29) is 5.92 Å². The lowest BCUT2D eigenvalue weighted by Crippen LogP contribution is -2.01. The summed E-state index contributed by atoms with van der Waals surface area (Å²) in [6, 6.07) is 7.89. The largest absolute Gasteiger partial charge is 0.303 e. The van der Waals surface area contributed by atoms with Crippen molar-refractivity contribution in [2.75, 3.05) is 0 Å². The van der Waals surface area contributed by atoms with Crippen molar-refractivity contribution in [3.05, 3.63) is 34.9 Å². The molecule has 0 saturated carbocycles. The predicted molar refractivity (Wildman–Crippen MR) is 54.8 cm³/mol. The van der Waals surface area contributed by atoms with Crippen molar-refractivity contribution < 1.29 is 4.79 Å². The molecule has 2 nitrogen and oxygen atoms in total. The van der Waals surface area contributed by atoms with Crippen molar-refractivity contribution in [1.82, 2.24) is 0 Å². The van der Waals surface area contributed by atoms with Crippen molar-refractivity contribution in [3.8, 4) is 6.07 Å². The van der Waals surface area contributed by atoms with Gasteiger partial charge in [0.15, 0.2) is 0 Å². The lowest BCUT2D eigenvalue weighted by atomic mass is 9.99. The SMILES string of the molecule is Cc1ccc(CC(C)C=O)cc1C#N. The van der Waals surface area contributed by atoms with Gasteiger partial charge in [-0.25, -0.2) is 0 Å². The molecule has 0 radical (unpaired) electrons. The van der Waals surface area contributed by atoms with E-state index in [2.05, 4.69) is 6.07 Å². The minimum Gasteiger partial charge on any atom is -0.303 e. The van der Waals surface area contributed by atoms with Crippen LogP contribution in [-0.2, 0) is 11.2 Å². The first-order chi connectivity index (χ1) is 6.67. The van der Waals surface area contributed by atoms with Crippen LogP contribution in [0.2, 0.25) is 0 Å². The first kappa shape index (κ1) is 10.5. The van der Waals surface area contributed by atoms with E-state index in [0.29, 0.717) is 12.0 Å². The van der Waals surface area contributed by atoms with Crippen LogP contribution in [0.1, 0.15) is 23.6 Å². The second-order valence-electron chi connectivity index (χ2n) is 3.58. The van der Waals surface area contributed by atoms with Gasteiger partial charge >= 0.3 is 0 Å². The van der Waals surface area contributed by atoms with E-state index in [0.717, 1.165) is 17.4 Å². The number of hydrogen-bond acceptors (Lipinski definition) is 2. The van der Waals surface area contributed by atoms with Crippen molar-refractivity contribution >= 4 is 6.29 Å². The summed E-state index contributed by atoms with van der Waals surface area (Å²) >= 11 is 0. The van der Waals surface area contributed by atoms with Crippen molar-refractivity contribution in [2.45, 2.75) is 20.3 Å². The van der Waals surface area contributed by atoms with Crippen LogP contribution in [0, 0.1) is 24.2 Å². The fourth-order valence-corrected chi connectivity index (χ4v) is 1.34. The van der Waals surface area contributed by atoms with Gasteiger partial charge in [0.25, 0.3) is 0 Å². The predicted octanol–water partition coefficient (Wildman–Crippen LogP) is 2.24. The summed E-state index contributed by atoms with van der Waals surface area (Å²) in [6.07, 6.45) is 1.64. The minimum absolute atomic E-state index is 0.0178. The average molecular weight is 187 g/mol. The Kier molecular flexibility index (Phi) is 3.41. The fourth-order valence-electron chi connectivity index (χ4n) is 1.34. The second kappa shape index (κ2) is 4.57. The summed E-state index contributed by atoms with van der Waals surface area (Å²) in [5, 5.41) is 8.81. The highest BCUT2D eigenvalue weighted by atomic mass is 16.1. The molecule has 0 spiro atoms. The van der Waals surface area contributed by atoms with Gasteiger partial charge in [0.1, 0.15) is 6.29 Å². The molecule has 0 aliphatic heterocycles. The Balaban J connectivity index is 2.91. The smallest absolute Gasteiger partial charge is 0.123 e. The number of aldehydes is 1. The molecule has 0 aliphatic rings. The topological polar surface area (TPSA) is 40.9 Å². The van der Waals surface area contributed by atoms with Crippen LogP contribution in [0.5, 0.6) is 0 Å². The normalized spacial score (nSPS) is 11.8. The Morgan fingerprint density at radius 2 is 2.29 bits per heavy atom. The zero-order valence-corrected chi connectivity index (χ0v) is 8.45. The summed E-state index contributed by atoms with van der Waals surface area (Å²) in [4.78, 5) is 10.5. The molecule has 0 heterocycles. The summed E-state index contributed by atoms with van der Waals surface area (Å²) in [5.74, 6) is 0.0178. The van der Waals surface area contributed by atoms with Gasteiger partial charge in [-0.15, -0.1) is 0 Å². The molecule has 1 rings (SSSR count). The Morgan fingerprint density at radius 1 is 1.57 bits per heavy atom. The monoisotopic (exact) mass is 187 g/mol. The van der Waals surface area contributed by atoms with Gasteiger partial charge < -0.3 is 4.79 Å². The molecule has 0 N–H and O–H groups in total. The first-order valence-electron chi connectivity index (χ1n) is 4.62. The Hall–Kier alpha value is -1.62. The van der Waals surface area contributed by atoms with Gasteiger partial charge in [-0.1, -0.05) is 19.1 Å². The Bertz CT molecular complexity index is 376. The lowest BCUT2D eigenvalue weighted by Gasteiger charge is -2.05. The molecule has 0 aliphatic carbocycles. The summed E-state index contributed by atoms with van der Waals surface area (Å²) < 4.78 is 0. The number of carbonyl (C=O) groups excluding carboxylic acids is 1. The summed E-state index contributed by atoms with van der Waals surface area (Å²) in [7, 11) is 0. The molecule has 1 unspecified atom stereocenters. The highest BCUT2D eigenvalue weighted by Gasteiger charge is 2.04. The third-order valence-electron chi connectivity index (χ3n) is 2.21. The minimum atomic E-state index is 0.0178. The maximum atomic E-state index is 10.5. The van der Waals surface area contributed by atoms with E-state index in [1.54, 1.807) is 0 Å². The van der Waals surface area contributed by atoms with Gasteiger partial charge in [0.2, 0.25) is 0 Å². The number of hydrogen-bond donors (Lipinski definition) is 0. The average Bonchev–Trinajstić information content (AvgIpc) is 2.20. The number of aryl methyl sites for hydroxylation is 1. The van der Waals surface area contributed by atoms with E-state index in [1.165, 1.54) is 0 Å². The van der Waals surface area contributed by atoms with Crippen LogP contribution < -0.4 is 0 Å². The molecule has 1 aromatic carbocycles. The van der Waals surface area contributed by atoms with Gasteiger partial charge in [0.05, 0.1) is 11.6 Å². The van der Waals surface area contributed by atoms with Crippen LogP contribution in [0.3, 0.4) is 0 Å². The van der Waals surface area contributed by atoms with Crippen molar-refractivity contribution in [2.24, 2.45) is 5.92 Å². The molecular formula is C12H13NO. The molecule has 14 heavy (non-hydrogen) atoms. The highest BCUT2D eigenvalue weighted by molar-refractivity contribution is 5.54. The summed E-state index contributed by atoms with van der Waals surface area (Å²) in [6.45, 7) is 3.78. The number of carbonyl (C=O) groups is 1. The van der Waals surface area contributed by atoms with Crippen molar-refractivity contribution in [3.63, 3.8) is 0 Å². The van der Waals surface area contributed by atoms with E-state index < -0.39 is 0 Å². The van der Waals surface area contributed by atoms with E-state index in [4.69, 9.17) is 5.26 Å². The van der Waals surface area contributed by atoms with Crippen LogP contribution in [-0.4, -0.2) is 6.29 Å². The van der Waals surface area contributed by atoms with Gasteiger partial charge in [-0.2, -0.15) is 5.26 Å². The van der Waals surface area contributed by atoms with Crippen LogP contribution in [0.15, 0.2) is 18.2 Å².